The maximum absolute atomic E-state index is 4.72. The monoisotopic (exact) mass is 403 g/mol. The van der Waals surface area contributed by atoms with Crippen molar-refractivity contribution in [2.75, 3.05) is 4.90 Å². The summed E-state index contributed by atoms with van der Waals surface area (Å²) in [5.74, 6) is 0. The van der Waals surface area contributed by atoms with Gasteiger partial charge in [-0.25, -0.2) is 0 Å². The zero-order valence-corrected chi connectivity index (χ0v) is 18.0. The minimum absolute atomic E-state index is 0.947. The summed E-state index contributed by atoms with van der Waals surface area (Å²) >= 11 is 0. The Balaban J connectivity index is 1.76. The highest BCUT2D eigenvalue weighted by Crippen LogP contribution is 2.42. The summed E-state index contributed by atoms with van der Waals surface area (Å²) in [4.78, 5) is 11.8. The van der Waals surface area contributed by atoms with Crippen LogP contribution in [-0.2, 0) is 0 Å². The van der Waals surface area contributed by atoms with Crippen molar-refractivity contribution >= 4 is 57.3 Å². The van der Waals surface area contributed by atoms with Crippen molar-refractivity contribution in [3.05, 3.63) is 91.3 Å². The quantitative estimate of drug-likeness (QED) is 0.278. The zero-order valence-electron chi connectivity index (χ0n) is 17.0. The van der Waals surface area contributed by atoms with Crippen LogP contribution in [0.3, 0.4) is 0 Å². The molecule has 0 amide bonds. The molecule has 0 aliphatic carbocycles. The van der Waals surface area contributed by atoms with Gasteiger partial charge in [0.15, 0.2) is 0 Å². The predicted octanol–water partition coefficient (Wildman–Crippen LogP) is 5.39. The largest absolute Gasteiger partial charge is 0.310 e. The van der Waals surface area contributed by atoms with Crippen LogP contribution in [-0.4, -0.2) is 18.0 Å². The summed E-state index contributed by atoms with van der Waals surface area (Å²) < 4.78 is 0. The van der Waals surface area contributed by atoms with Crippen LogP contribution in [0.15, 0.2) is 91.3 Å². The molecule has 0 unspecified atom stereocenters. The summed E-state index contributed by atoms with van der Waals surface area (Å²) in [7, 11) is -1.80. The second-order valence-corrected chi connectivity index (χ2v) is 12.7. The van der Waals surface area contributed by atoms with Crippen LogP contribution in [0.25, 0.3) is 21.8 Å². The first kappa shape index (κ1) is 17.4. The summed E-state index contributed by atoms with van der Waals surface area (Å²) in [5, 5.41) is 5.16. The third kappa shape index (κ3) is 2.31. The zero-order chi connectivity index (χ0) is 20.3. The molecule has 0 N–H and O–H groups in total. The standard InChI is InChI=1S/C26H21N3Si/c1-30(2)23-13-5-3-11-20(23)29(21-12-4-6-14-24(21)30)22-17-18-9-7-15-27-25(18)26-19(22)10-8-16-28-26/h3-17H,1-2H3. The van der Waals surface area contributed by atoms with Crippen LogP contribution in [0.4, 0.5) is 17.1 Å². The van der Waals surface area contributed by atoms with Crippen molar-refractivity contribution in [2.45, 2.75) is 13.1 Å². The number of aromatic nitrogens is 2. The Kier molecular flexibility index (Phi) is 3.61. The van der Waals surface area contributed by atoms with Gasteiger partial charge in [0.2, 0.25) is 0 Å². The maximum Gasteiger partial charge on any atom is 0.117 e. The van der Waals surface area contributed by atoms with Crippen molar-refractivity contribution in [3.8, 4) is 0 Å². The van der Waals surface area contributed by atoms with Gasteiger partial charge in [-0.15, -0.1) is 0 Å². The fraction of sp³-hybridized carbons (Fsp3) is 0.0769. The van der Waals surface area contributed by atoms with Crippen LogP contribution in [0, 0.1) is 0 Å². The Bertz CT molecular complexity index is 1390. The molecule has 0 spiro atoms. The van der Waals surface area contributed by atoms with Gasteiger partial charge in [-0.1, -0.05) is 55.6 Å². The molecule has 3 aromatic carbocycles. The number of rotatable bonds is 1. The Morgan fingerprint density at radius 1 is 0.633 bits per heavy atom. The first-order chi connectivity index (χ1) is 14.7. The fourth-order valence-corrected chi connectivity index (χ4v) is 7.86. The second-order valence-electron chi connectivity index (χ2n) is 8.37. The smallest absolute Gasteiger partial charge is 0.117 e. The molecule has 0 radical (unpaired) electrons. The van der Waals surface area contributed by atoms with Crippen LogP contribution in [0.5, 0.6) is 0 Å². The van der Waals surface area contributed by atoms with E-state index in [0.717, 1.165) is 27.5 Å². The third-order valence-corrected chi connectivity index (χ3v) is 9.86. The highest BCUT2D eigenvalue weighted by atomic mass is 28.3. The molecule has 1 aliphatic heterocycles. The minimum Gasteiger partial charge on any atom is -0.310 e. The molecular formula is C26H21N3Si. The van der Waals surface area contributed by atoms with Crippen LogP contribution >= 0.6 is 0 Å². The average Bonchev–Trinajstić information content (AvgIpc) is 2.79. The SMILES string of the molecule is C[Si]1(C)c2ccccc2N(c2cc3cccnc3c3ncccc23)c2ccccc21. The van der Waals surface area contributed by atoms with Gasteiger partial charge in [0.25, 0.3) is 0 Å². The van der Waals surface area contributed by atoms with Gasteiger partial charge in [0.05, 0.1) is 16.7 Å². The number of benzene rings is 3. The van der Waals surface area contributed by atoms with Crippen LogP contribution in [0.1, 0.15) is 0 Å². The lowest BCUT2D eigenvalue weighted by Crippen LogP contribution is -2.58. The molecule has 6 rings (SSSR count). The van der Waals surface area contributed by atoms with E-state index in [0.29, 0.717) is 0 Å². The molecule has 0 saturated carbocycles. The molecule has 4 heteroatoms. The van der Waals surface area contributed by atoms with E-state index < -0.39 is 8.07 Å². The molecule has 144 valence electrons. The van der Waals surface area contributed by atoms with Crippen molar-refractivity contribution in [1.82, 2.24) is 9.97 Å². The normalized spacial score (nSPS) is 14.5. The van der Waals surface area contributed by atoms with E-state index in [1.54, 1.807) is 0 Å². The van der Waals surface area contributed by atoms with Crippen molar-refractivity contribution < 1.29 is 0 Å². The van der Waals surface area contributed by atoms with E-state index in [9.17, 15) is 0 Å². The Morgan fingerprint density at radius 2 is 1.23 bits per heavy atom. The van der Waals surface area contributed by atoms with E-state index in [4.69, 9.17) is 4.98 Å². The number of pyridine rings is 2. The third-order valence-electron chi connectivity index (χ3n) is 6.32. The molecular weight excluding hydrogens is 382 g/mol. The molecule has 0 saturated heterocycles. The molecule has 3 nitrogen and oxygen atoms in total. The molecule has 0 bridgehead atoms. The van der Waals surface area contributed by atoms with E-state index in [1.807, 2.05) is 24.5 Å². The second kappa shape index (κ2) is 6.25. The number of anilines is 3. The fourth-order valence-electron chi connectivity index (χ4n) is 4.87. The topological polar surface area (TPSA) is 29.0 Å². The minimum atomic E-state index is -1.80. The number of para-hydroxylation sites is 2. The van der Waals surface area contributed by atoms with Gasteiger partial charge in [0.1, 0.15) is 8.07 Å². The Morgan fingerprint density at radius 3 is 1.93 bits per heavy atom. The van der Waals surface area contributed by atoms with Gasteiger partial charge in [0, 0.05) is 34.5 Å². The van der Waals surface area contributed by atoms with E-state index >= 15 is 0 Å². The first-order valence-electron chi connectivity index (χ1n) is 10.3. The summed E-state index contributed by atoms with van der Waals surface area (Å²) in [5.41, 5.74) is 5.61. The van der Waals surface area contributed by atoms with Gasteiger partial charge >= 0.3 is 0 Å². The first-order valence-corrected chi connectivity index (χ1v) is 13.3. The number of fused-ring (bicyclic) bond motifs is 5. The van der Waals surface area contributed by atoms with Crippen LogP contribution in [0.2, 0.25) is 13.1 Å². The van der Waals surface area contributed by atoms with E-state index in [1.165, 1.54) is 21.7 Å². The van der Waals surface area contributed by atoms with Crippen LogP contribution < -0.4 is 15.3 Å². The van der Waals surface area contributed by atoms with Gasteiger partial charge < -0.3 is 4.90 Å². The highest BCUT2D eigenvalue weighted by molar-refractivity contribution is 7.02. The molecule has 1 aliphatic rings. The number of hydrogen-bond acceptors (Lipinski definition) is 3. The van der Waals surface area contributed by atoms with Crippen molar-refractivity contribution in [2.24, 2.45) is 0 Å². The molecule has 30 heavy (non-hydrogen) atoms. The Labute approximate surface area is 176 Å². The summed E-state index contributed by atoms with van der Waals surface area (Å²) in [6, 6.07) is 28.3. The number of nitrogens with zero attached hydrogens (tertiary/aromatic N) is 3. The average molecular weight is 404 g/mol. The predicted molar refractivity (Wildman–Crippen MR) is 128 cm³/mol. The van der Waals surface area contributed by atoms with Crippen molar-refractivity contribution in [1.29, 1.82) is 0 Å². The van der Waals surface area contributed by atoms with E-state index in [2.05, 4.69) is 89.7 Å². The molecule has 3 heterocycles. The Hall–Kier alpha value is -3.50. The lowest BCUT2D eigenvalue weighted by molar-refractivity contribution is 1.29. The highest BCUT2D eigenvalue weighted by Gasteiger charge is 2.38. The molecule has 5 aromatic rings. The molecule has 2 aromatic heterocycles. The van der Waals surface area contributed by atoms with Gasteiger partial charge in [-0.05, 0) is 46.8 Å². The van der Waals surface area contributed by atoms with E-state index in [-0.39, 0.29) is 0 Å². The maximum atomic E-state index is 4.72. The molecule has 0 atom stereocenters. The number of hydrogen-bond donors (Lipinski definition) is 0. The van der Waals surface area contributed by atoms with Crippen molar-refractivity contribution in [3.63, 3.8) is 0 Å². The molecule has 0 fully saturated rings. The lowest BCUT2D eigenvalue weighted by atomic mass is 10.1. The van der Waals surface area contributed by atoms with Gasteiger partial charge in [-0.2, -0.15) is 0 Å². The summed E-state index contributed by atoms with van der Waals surface area (Å²) in [6.45, 7) is 4.90. The summed E-state index contributed by atoms with van der Waals surface area (Å²) in [6.07, 6.45) is 3.70. The van der Waals surface area contributed by atoms with Gasteiger partial charge in [-0.3, -0.25) is 9.97 Å². The lowest BCUT2D eigenvalue weighted by Gasteiger charge is -2.41.